The molecule has 2 aromatic rings. The number of methoxy groups -OCH3 is 1. The Hall–Kier alpha value is -2.82. The van der Waals surface area contributed by atoms with Gasteiger partial charge in [0.1, 0.15) is 5.75 Å². The molecule has 2 rings (SSSR count). The van der Waals surface area contributed by atoms with Crippen LogP contribution in [0.5, 0.6) is 5.75 Å². The first-order valence-corrected chi connectivity index (χ1v) is 8.13. The normalized spacial score (nSPS) is 10.4. The number of esters is 1. The van der Waals surface area contributed by atoms with Crippen LogP contribution in [0.3, 0.4) is 0 Å². The Bertz CT molecular complexity index is 768. The van der Waals surface area contributed by atoms with Gasteiger partial charge in [0.2, 0.25) is 0 Å². The molecule has 0 aliphatic carbocycles. The quantitative estimate of drug-likeness (QED) is 0.809. The number of carbonyl (C=O) groups excluding carboxylic acids is 2. The summed E-state index contributed by atoms with van der Waals surface area (Å²) in [6.45, 7) is 5.98. The Labute approximate surface area is 148 Å². The van der Waals surface area contributed by atoms with Gasteiger partial charge in [-0.2, -0.15) is 0 Å². The fourth-order valence-corrected chi connectivity index (χ4v) is 2.50. The first-order valence-electron chi connectivity index (χ1n) is 8.13. The van der Waals surface area contributed by atoms with Crippen molar-refractivity contribution in [3.63, 3.8) is 0 Å². The molecular weight excluding hydrogens is 318 g/mol. The van der Waals surface area contributed by atoms with Crippen LogP contribution in [-0.4, -0.2) is 25.6 Å². The zero-order valence-electron chi connectivity index (χ0n) is 15.0. The van der Waals surface area contributed by atoms with Crippen LogP contribution in [0.15, 0.2) is 42.5 Å². The number of para-hydroxylation sites is 1. The zero-order chi connectivity index (χ0) is 18.4. The van der Waals surface area contributed by atoms with Crippen LogP contribution in [0.1, 0.15) is 41.3 Å². The van der Waals surface area contributed by atoms with E-state index in [0.29, 0.717) is 17.2 Å². The van der Waals surface area contributed by atoms with Gasteiger partial charge < -0.3 is 14.8 Å². The molecule has 0 saturated heterocycles. The van der Waals surface area contributed by atoms with Crippen LogP contribution in [0.25, 0.3) is 0 Å². The summed E-state index contributed by atoms with van der Waals surface area (Å²) in [6.07, 6.45) is 0. The van der Waals surface area contributed by atoms with Crippen molar-refractivity contribution in [3.8, 4) is 5.75 Å². The van der Waals surface area contributed by atoms with Crippen molar-refractivity contribution in [2.24, 2.45) is 0 Å². The minimum Gasteiger partial charge on any atom is -0.484 e. The third kappa shape index (κ3) is 4.83. The highest BCUT2D eigenvalue weighted by molar-refractivity contribution is 5.93. The van der Waals surface area contributed by atoms with Gasteiger partial charge in [0.15, 0.2) is 6.61 Å². The third-order valence-electron chi connectivity index (χ3n) is 3.82. The predicted octanol–water partition coefficient (Wildman–Crippen LogP) is 3.92. The highest BCUT2D eigenvalue weighted by atomic mass is 16.5. The van der Waals surface area contributed by atoms with Gasteiger partial charge in [-0.25, -0.2) is 4.79 Å². The molecule has 25 heavy (non-hydrogen) atoms. The number of carbonyl (C=O) groups is 2. The second kappa shape index (κ2) is 8.33. The minimum absolute atomic E-state index is 0.142. The molecule has 0 radical (unpaired) electrons. The van der Waals surface area contributed by atoms with Crippen molar-refractivity contribution in [1.82, 2.24) is 0 Å². The van der Waals surface area contributed by atoms with E-state index < -0.39 is 5.97 Å². The van der Waals surface area contributed by atoms with Crippen molar-refractivity contribution in [2.75, 3.05) is 19.0 Å². The summed E-state index contributed by atoms with van der Waals surface area (Å²) in [5.74, 6) is 0.0378. The molecule has 5 nitrogen and oxygen atoms in total. The Kier molecular flexibility index (Phi) is 6.17. The lowest BCUT2D eigenvalue weighted by atomic mass is 9.98. The second-order valence-electron chi connectivity index (χ2n) is 6.05. The van der Waals surface area contributed by atoms with Gasteiger partial charge >= 0.3 is 5.97 Å². The maximum absolute atomic E-state index is 12.3. The number of amides is 1. The van der Waals surface area contributed by atoms with Crippen molar-refractivity contribution in [1.29, 1.82) is 0 Å². The molecule has 0 aromatic heterocycles. The monoisotopic (exact) mass is 341 g/mol. The van der Waals surface area contributed by atoms with Crippen molar-refractivity contribution in [3.05, 3.63) is 59.2 Å². The lowest BCUT2D eigenvalue weighted by Gasteiger charge is -2.16. The zero-order valence-corrected chi connectivity index (χ0v) is 15.0. The van der Waals surface area contributed by atoms with E-state index in [2.05, 4.69) is 23.9 Å². The number of ether oxygens (including phenoxy) is 2. The number of anilines is 1. The SMILES string of the molecule is COC(=O)c1cccc(OCC(=O)Nc2c(C)cccc2C(C)C)c1. The Morgan fingerprint density at radius 1 is 1.12 bits per heavy atom. The molecule has 2 aromatic carbocycles. The van der Waals surface area contributed by atoms with E-state index in [1.54, 1.807) is 24.3 Å². The van der Waals surface area contributed by atoms with Crippen molar-refractivity contribution in [2.45, 2.75) is 26.7 Å². The van der Waals surface area contributed by atoms with Crippen LogP contribution in [-0.2, 0) is 9.53 Å². The molecular formula is C20H23NO4. The largest absolute Gasteiger partial charge is 0.484 e. The molecule has 1 amide bonds. The summed E-state index contributed by atoms with van der Waals surface area (Å²) in [7, 11) is 1.32. The number of aryl methyl sites for hydroxylation is 1. The average Bonchev–Trinajstić information content (AvgIpc) is 2.61. The van der Waals surface area contributed by atoms with Gasteiger partial charge in [-0.3, -0.25) is 4.79 Å². The van der Waals surface area contributed by atoms with Crippen molar-refractivity contribution < 1.29 is 19.1 Å². The standard InChI is InChI=1S/C20H23NO4/c1-13(2)17-10-5-7-14(3)19(17)21-18(22)12-25-16-9-6-8-15(11-16)20(23)24-4/h5-11,13H,12H2,1-4H3,(H,21,22). The molecule has 132 valence electrons. The smallest absolute Gasteiger partial charge is 0.337 e. The van der Waals surface area contributed by atoms with Crippen LogP contribution < -0.4 is 10.1 Å². The summed E-state index contributed by atoms with van der Waals surface area (Å²) in [5.41, 5.74) is 3.30. The second-order valence-corrected chi connectivity index (χ2v) is 6.05. The number of nitrogens with one attached hydrogen (secondary N) is 1. The molecule has 0 bridgehead atoms. The molecule has 0 heterocycles. The molecule has 0 spiro atoms. The summed E-state index contributed by atoms with van der Waals surface area (Å²) in [5, 5.41) is 2.92. The first kappa shape index (κ1) is 18.5. The average molecular weight is 341 g/mol. The van der Waals surface area contributed by atoms with Gasteiger partial charge in [-0.1, -0.05) is 38.1 Å². The summed E-state index contributed by atoms with van der Waals surface area (Å²) in [6, 6.07) is 12.5. The van der Waals surface area contributed by atoms with Crippen LogP contribution >= 0.6 is 0 Å². The predicted molar refractivity (Wildman–Crippen MR) is 97.2 cm³/mol. The van der Waals surface area contributed by atoms with Gasteiger partial charge in [0, 0.05) is 5.69 Å². The molecule has 0 aliphatic heterocycles. The number of benzene rings is 2. The molecule has 0 fully saturated rings. The molecule has 5 heteroatoms. The van der Waals surface area contributed by atoms with E-state index in [1.807, 2.05) is 25.1 Å². The molecule has 1 N–H and O–H groups in total. The highest BCUT2D eigenvalue weighted by Crippen LogP contribution is 2.27. The Balaban J connectivity index is 2.04. The van der Waals surface area contributed by atoms with Crippen molar-refractivity contribution >= 4 is 17.6 Å². The lowest BCUT2D eigenvalue weighted by Crippen LogP contribution is -2.21. The number of hydrogen-bond donors (Lipinski definition) is 1. The number of hydrogen-bond acceptors (Lipinski definition) is 4. The summed E-state index contributed by atoms with van der Waals surface area (Å²) in [4.78, 5) is 23.8. The Morgan fingerprint density at radius 3 is 2.52 bits per heavy atom. The topological polar surface area (TPSA) is 64.6 Å². The lowest BCUT2D eigenvalue weighted by molar-refractivity contribution is -0.118. The molecule has 0 unspecified atom stereocenters. The van der Waals surface area contributed by atoms with Crippen LogP contribution in [0.2, 0.25) is 0 Å². The van der Waals surface area contributed by atoms with Crippen LogP contribution in [0, 0.1) is 6.92 Å². The fraction of sp³-hybridized carbons (Fsp3) is 0.300. The number of rotatable bonds is 6. The first-order chi connectivity index (χ1) is 11.9. The maximum atomic E-state index is 12.3. The summed E-state index contributed by atoms with van der Waals surface area (Å²) < 4.78 is 10.2. The van der Waals surface area contributed by atoms with E-state index >= 15 is 0 Å². The van der Waals surface area contributed by atoms with Gasteiger partial charge in [-0.15, -0.1) is 0 Å². The maximum Gasteiger partial charge on any atom is 0.337 e. The van der Waals surface area contributed by atoms with Gasteiger partial charge in [0.25, 0.3) is 5.91 Å². The van der Waals surface area contributed by atoms with E-state index in [9.17, 15) is 9.59 Å². The van der Waals surface area contributed by atoms with E-state index in [4.69, 9.17) is 4.74 Å². The minimum atomic E-state index is -0.448. The van der Waals surface area contributed by atoms with Gasteiger partial charge in [-0.05, 0) is 42.2 Å². The molecule has 0 aliphatic rings. The summed E-state index contributed by atoms with van der Waals surface area (Å²) >= 11 is 0. The third-order valence-corrected chi connectivity index (χ3v) is 3.82. The molecule has 0 saturated carbocycles. The van der Waals surface area contributed by atoms with Gasteiger partial charge in [0.05, 0.1) is 12.7 Å². The van der Waals surface area contributed by atoms with E-state index in [0.717, 1.165) is 16.8 Å². The van der Waals surface area contributed by atoms with E-state index in [1.165, 1.54) is 7.11 Å². The highest BCUT2D eigenvalue weighted by Gasteiger charge is 2.13. The molecule has 0 atom stereocenters. The van der Waals surface area contributed by atoms with Crippen LogP contribution in [0.4, 0.5) is 5.69 Å². The fourth-order valence-electron chi connectivity index (χ4n) is 2.50. The Morgan fingerprint density at radius 2 is 1.84 bits per heavy atom. The van der Waals surface area contributed by atoms with E-state index in [-0.39, 0.29) is 12.5 Å².